The fourth-order valence-corrected chi connectivity index (χ4v) is 3.87. The molecule has 1 amide bonds. The lowest BCUT2D eigenvalue weighted by Crippen LogP contribution is -2.13. The second kappa shape index (κ2) is 11.3. The number of carbonyl (C=O) groups excluding carboxylic acids is 1. The molecule has 6 heteroatoms. The lowest BCUT2D eigenvalue weighted by Gasteiger charge is -2.12. The van der Waals surface area contributed by atoms with E-state index in [-0.39, 0.29) is 5.91 Å². The van der Waals surface area contributed by atoms with Crippen LogP contribution < -0.4 is 15.4 Å². The van der Waals surface area contributed by atoms with E-state index in [9.17, 15) is 4.79 Å². The summed E-state index contributed by atoms with van der Waals surface area (Å²) in [6.45, 7) is 6.43. The summed E-state index contributed by atoms with van der Waals surface area (Å²) in [7, 11) is 0. The van der Waals surface area contributed by atoms with E-state index in [2.05, 4.69) is 20.6 Å². The molecule has 0 aliphatic rings. The molecular weight excluding hydrogens is 436 g/mol. The van der Waals surface area contributed by atoms with Crippen LogP contribution in [0.2, 0.25) is 0 Å². The van der Waals surface area contributed by atoms with Crippen LogP contribution in [0.15, 0.2) is 78.9 Å². The number of carbonyl (C=O) groups is 1. The van der Waals surface area contributed by atoms with E-state index in [1.807, 2.05) is 99.6 Å². The van der Waals surface area contributed by atoms with Crippen molar-refractivity contribution in [2.24, 2.45) is 0 Å². The molecule has 6 nitrogen and oxygen atoms in total. The van der Waals surface area contributed by atoms with Gasteiger partial charge in [-0.05, 0) is 56.5 Å². The minimum Gasteiger partial charge on any atom is -0.493 e. The Morgan fingerprint density at radius 2 is 1.54 bits per heavy atom. The molecule has 1 heterocycles. The number of aryl methyl sites for hydroxylation is 3. The molecule has 0 spiro atoms. The third-order valence-corrected chi connectivity index (χ3v) is 5.53. The number of benzene rings is 3. The Balaban J connectivity index is 1.33. The Labute approximate surface area is 206 Å². The molecule has 0 bridgehead atoms. The number of hydrogen-bond donors (Lipinski definition) is 2. The van der Waals surface area contributed by atoms with Gasteiger partial charge in [0.25, 0.3) is 0 Å². The standard InChI is InChI=1S/C29H30N4O2/c1-20-10-7-11-21(2)29(20)35-17-9-16-28(34)33-25-15-8-14-24(18-25)32-27-19-26(30-22(3)31-27)23-12-5-4-6-13-23/h4-8,10-15,18-19H,9,16-17H2,1-3H3,(H,33,34)(H,30,31,32). The van der Waals surface area contributed by atoms with Crippen LogP contribution in [0.5, 0.6) is 5.75 Å². The summed E-state index contributed by atoms with van der Waals surface area (Å²) in [5.41, 5.74) is 5.65. The minimum absolute atomic E-state index is 0.0449. The second-order valence-electron chi connectivity index (χ2n) is 8.48. The fourth-order valence-electron chi connectivity index (χ4n) is 3.87. The van der Waals surface area contributed by atoms with Crippen molar-refractivity contribution < 1.29 is 9.53 Å². The largest absolute Gasteiger partial charge is 0.493 e. The molecule has 2 N–H and O–H groups in total. The number of nitrogens with zero attached hydrogens (tertiary/aromatic N) is 2. The van der Waals surface area contributed by atoms with Crippen LogP contribution in [0.3, 0.4) is 0 Å². The molecule has 3 aromatic carbocycles. The van der Waals surface area contributed by atoms with E-state index in [4.69, 9.17) is 4.74 Å². The van der Waals surface area contributed by atoms with Gasteiger partial charge >= 0.3 is 0 Å². The van der Waals surface area contributed by atoms with E-state index < -0.39 is 0 Å². The van der Waals surface area contributed by atoms with Crippen LogP contribution in [-0.2, 0) is 4.79 Å². The monoisotopic (exact) mass is 466 g/mol. The van der Waals surface area contributed by atoms with Gasteiger partial charge in [-0.3, -0.25) is 4.79 Å². The van der Waals surface area contributed by atoms with Gasteiger partial charge in [0.2, 0.25) is 5.91 Å². The van der Waals surface area contributed by atoms with Crippen LogP contribution in [-0.4, -0.2) is 22.5 Å². The fraction of sp³-hybridized carbons (Fsp3) is 0.207. The van der Waals surface area contributed by atoms with Crippen molar-refractivity contribution in [2.45, 2.75) is 33.6 Å². The van der Waals surface area contributed by atoms with Crippen molar-refractivity contribution in [1.29, 1.82) is 0 Å². The molecule has 0 saturated heterocycles. The van der Waals surface area contributed by atoms with Crippen molar-refractivity contribution in [2.75, 3.05) is 17.2 Å². The Morgan fingerprint density at radius 1 is 0.829 bits per heavy atom. The summed E-state index contributed by atoms with van der Waals surface area (Å²) in [5.74, 6) is 2.24. The molecule has 4 aromatic rings. The lowest BCUT2D eigenvalue weighted by atomic mass is 10.1. The number of hydrogen-bond acceptors (Lipinski definition) is 5. The van der Waals surface area contributed by atoms with Gasteiger partial charge < -0.3 is 15.4 Å². The molecule has 0 aliphatic carbocycles. The molecule has 0 atom stereocenters. The molecule has 1 aromatic heterocycles. The number of para-hydroxylation sites is 1. The van der Waals surface area contributed by atoms with E-state index in [1.165, 1.54) is 0 Å². The molecule has 35 heavy (non-hydrogen) atoms. The van der Waals surface area contributed by atoms with Gasteiger partial charge in [-0.2, -0.15) is 0 Å². The summed E-state index contributed by atoms with van der Waals surface area (Å²) in [6, 6.07) is 25.6. The zero-order valence-corrected chi connectivity index (χ0v) is 20.3. The maximum atomic E-state index is 12.5. The summed E-state index contributed by atoms with van der Waals surface area (Å²) in [6.07, 6.45) is 1.02. The number of aromatic nitrogens is 2. The Hall–Kier alpha value is -4.19. The zero-order valence-electron chi connectivity index (χ0n) is 20.3. The number of nitrogens with one attached hydrogen (secondary N) is 2. The number of amides is 1. The Morgan fingerprint density at radius 3 is 2.31 bits per heavy atom. The molecular formula is C29H30N4O2. The molecule has 0 unspecified atom stereocenters. The highest BCUT2D eigenvalue weighted by atomic mass is 16.5. The topological polar surface area (TPSA) is 76.1 Å². The van der Waals surface area contributed by atoms with Gasteiger partial charge in [0.05, 0.1) is 12.3 Å². The third kappa shape index (κ3) is 6.67. The lowest BCUT2D eigenvalue weighted by molar-refractivity contribution is -0.116. The highest BCUT2D eigenvalue weighted by Crippen LogP contribution is 2.24. The Bertz CT molecular complexity index is 1290. The summed E-state index contributed by atoms with van der Waals surface area (Å²) >= 11 is 0. The van der Waals surface area contributed by atoms with Crippen molar-refractivity contribution in [3.63, 3.8) is 0 Å². The van der Waals surface area contributed by atoms with Crippen LogP contribution in [0.1, 0.15) is 29.8 Å². The van der Waals surface area contributed by atoms with Gasteiger partial charge in [-0.25, -0.2) is 9.97 Å². The second-order valence-corrected chi connectivity index (χ2v) is 8.48. The summed E-state index contributed by atoms with van der Waals surface area (Å²) < 4.78 is 5.90. The van der Waals surface area contributed by atoms with Crippen LogP contribution in [0.25, 0.3) is 11.3 Å². The van der Waals surface area contributed by atoms with E-state index in [0.29, 0.717) is 31.1 Å². The summed E-state index contributed by atoms with van der Waals surface area (Å²) in [4.78, 5) is 21.5. The highest BCUT2D eigenvalue weighted by Gasteiger charge is 2.08. The van der Waals surface area contributed by atoms with Crippen molar-refractivity contribution >= 4 is 23.1 Å². The van der Waals surface area contributed by atoms with E-state index >= 15 is 0 Å². The van der Waals surface area contributed by atoms with Crippen LogP contribution in [0, 0.1) is 20.8 Å². The quantitative estimate of drug-likeness (QED) is 0.271. The number of rotatable bonds is 9. The normalized spacial score (nSPS) is 10.6. The average Bonchev–Trinajstić information content (AvgIpc) is 2.84. The first-order valence-electron chi connectivity index (χ1n) is 11.7. The van der Waals surface area contributed by atoms with Crippen molar-refractivity contribution in [3.8, 4) is 17.0 Å². The van der Waals surface area contributed by atoms with Gasteiger partial charge in [-0.15, -0.1) is 0 Å². The minimum atomic E-state index is -0.0449. The maximum Gasteiger partial charge on any atom is 0.224 e. The molecule has 0 aliphatic heterocycles. The van der Waals surface area contributed by atoms with Crippen LogP contribution in [0.4, 0.5) is 17.2 Å². The van der Waals surface area contributed by atoms with Crippen LogP contribution >= 0.6 is 0 Å². The molecule has 0 radical (unpaired) electrons. The predicted octanol–water partition coefficient (Wildman–Crippen LogP) is 6.61. The van der Waals surface area contributed by atoms with E-state index in [1.54, 1.807) is 0 Å². The molecule has 178 valence electrons. The van der Waals surface area contributed by atoms with E-state index in [0.717, 1.165) is 39.5 Å². The first-order chi connectivity index (χ1) is 17.0. The van der Waals surface area contributed by atoms with Gasteiger partial charge in [-0.1, -0.05) is 54.6 Å². The smallest absolute Gasteiger partial charge is 0.224 e. The SMILES string of the molecule is Cc1nc(Nc2cccc(NC(=O)CCCOc3c(C)cccc3C)c2)cc(-c2ccccc2)n1. The Kier molecular flexibility index (Phi) is 7.73. The first kappa shape index (κ1) is 24.0. The van der Waals surface area contributed by atoms with Gasteiger partial charge in [0, 0.05) is 29.4 Å². The number of anilines is 3. The average molecular weight is 467 g/mol. The molecule has 4 rings (SSSR count). The van der Waals surface area contributed by atoms with Crippen molar-refractivity contribution in [1.82, 2.24) is 9.97 Å². The predicted molar refractivity (Wildman–Crippen MR) is 141 cm³/mol. The third-order valence-electron chi connectivity index (χ3n) is 5.53. The molecule has 0 saturated carbocycles. The maximum absolute atomic E-state index is 12.5. The van der Waals surface area contributed by atoms with Gasteiger partial charge in [0.15, 0.2) is 0 Å². The number of ether oxygens (including phenoxy) is 1. The molecule has 0 fully saturated rings. The first-order valence-corrected chi connectivity index (χ1v) is 11.7. The zero-order chi connectivity index (χ0) is 24.6. The van der Waals surface area contributed by atoms with Gasteiger partial charge in [0.1, 0.15) is 17.4 Å². The highest BCUT2D eigenvalue weighted by molar-refractivity contribution is 5.91. The van der Waals surface area contributed by atoms with Crippen molar-refractivity contribution in [3.05, 3.63) is 95.8 Å². The summed E-state index contributed by atoms with van der Waals surface area (Å²) in [5, 5.41) is 6.30.